The van der Waals surface area contributed by atoms with Crippen LogP contribution in [0.25, 0.3) is 0 Å². The highest BCUT2D eigenvalue weighted by Gasteiger charge is 2.43. The highest BCUT2D eigenvalue weighted by molar-refractivity contribution is 6.91. The van der Waals surface area contributed by atoms with Crippen LogP contribution in [-0.4, -0.2) is 87.2 Å². The zero-order valence-electron chi connectivity index (χ0n) is 76.5. The number of benzene rings is 9. The molecule has 0 aliphatic rings. The van der Waals surface area contributed by atoms with E-state index in [9.17, 15) is 42.1 Å². The lowest BCUT2D eigenvalue weighted by molar-refractivity contribution is 0.355. The number of rotatable bonds is 16. The fourth-order valence-corrected chi connectivity index (χ4v) is 26.1. The van der Waals surface area contributed by atoms with Crippen molar-refractivity contribution in [2.45, 2.75) is 116 Å². The Bertz CT molecular complexity index is 6700. The van der Waals surface area contributed by atoms with Crippen molar-refractivity contribution < 1.29 is 47.4 Å². The summed E-state index contributed by atoms with van der Waals surface area (Å²) in [6.07, 6.45) is 0. The molecule has 0 amide bonds. The van der Waals surface area contributed by atoms with Crippen molar-refractivity contribution in [2.24, 2.45) is 0 Å². The van der Waals surface area contributed by atoms with Gasteiger partial charge in [0.05, 0.1) is 116 Å². The van der Waals surface area contributed by atoms with Crippen LogP contribution in [0.1, 0.15) is 228 Å². The van der Waals surface area contributed by atoms with Crippen molar-refractivity contribution in [2.75, 3.05) is 71.1 Å². The highest BCUT2D eigenvalue weighted by atomic mass is 28.3. The molecule has 638 valence electrons. The third kappa shape index (κ3) is 21.3. The fraction of sp³-hybridized carbons (Fsp3) is 0.255. The molecule has 0 bridgehead atoms. The molecule has 130 heavy (non-hydrogen) atoms. The van der Waals surface area contributed by atoms with Gasteiger partial charge in [-0.3, -0.25) is 0 Å². The minimum Gasteiger partial charge on any atom is -0.493 e. The molecule has 0 aromatic heterocycles. The van der Waals surface area contributed by atoms with Gasteiger partial charge in [-0.15, -0.1) is 11.1 Å². The van der Waals surface area contributed by atoms with Gasteiger partial charge in [0.25, 0.3) is 0 Å². The predicted molar refractivity (Wildman–Crippen MR) is 505 cm³/mol. The number of hydrogen-bond donors (Lipinski definition) is 0. The maximum atomic E-state index is 10.5. The molecule has 18 nitrogen and oxygen atoms in total. The molecule has 0 heterocycles. The Balaban J connectivity index is 1.19. The van der Waals surface area contributed by atoms with Gasteiger partial charge in [-0.2, -0.15) is 42.1 Å². The molecule has 0 aliphatic heterocycles. The van der Waals surface area contributed by atoms with Gasteiger partial charge in [0.15, 0.2) is 57.5 Å². The molecule has 0 spiro atoms. The number of methoxy groups -OCH3 is 10. The van der Waals surface area contributed by atoms with Crippen molar-refractivity contribution >= 4 is 16.1 Å². The Morgan fingerprint density at radius 3 is 0.331 bits per heavy atom. The second kappa shape index (κ2) is 44.0. The van der Waals surface area contributed by atoms with Crippen LogP contribution in [0.2, 0.25) is 33.2 Å². The summed E-state index contributed by atoms with van der Waals surface area (Å²) < 4.78 is 57.8. The standard InChI is InChI=1S/C110H90N8O10Si2/c1-69(2)129(70(3)4,71(5)6)41-39-91-59-109(127-21)107(125-19)57-89(91)37-29-81-49-99(67-117)97(65-115)47-79(81)27-35-87-55-105(123-17)103(121-15)53-85(87)33-25-77-45-95(63-113)93(61-111)43-75(77)23-31-83-51-101(119-13)102(120-14)52-84(83)32-24-76-44-94(62-112)96(64-114)46-78(76)26-34-86-54-104(122-16)106(124-18)56-88(86)36-28-80-48-98(66-116)100(68-118)50-82(80)30-38-90-58-108(126-20)110(128-22)60-92(90)40-42-130(72(7)8,73(9)10)74(11)12/h43-60,69-74H,1-22H3. The minimum atomic E-state index is -2.25. The van der Waals surface area contributed by atoms with E-state index < -0.39 is 16.1 Å². The molecule has 0 saturated heterocycles. The fourth-order valence-electron chi connectivity index (χ4n) is 15.7. The Kier molecular flexibility index (Phi) is 32.7. The zero-order chi connectivity index (χ0) is 94.8. The molecule has 20 heteroatoms. The second-order valence-corrected chi connectivity index (χ2v) is 42.4. The summed E-state index contributed by atoms with van der Waals surface area (Å²) in [5.41, 5.74) is 16.1. The van der Waals surface area contributed by atoms with Crippen LogP contribution >= 0.6 is 0 Å². The maximum absolute atomic E-state index is 10.5. The van der Waals surface area contributed by atoms with E-state index in [4.69, 9.17) is 47.4 Å². The second-order valence-electron chi connectivity index (χ2n) is 31.2. The summed E-state index contributed by atoms with van der Waals surface area (Å²) in [4.78, 5) is 0. The number of ether oxygens (including phenoxy) is 10. The third-order valence-corrected chi connectivity index (χ3v) is 35.0. The van der Waals surface area contributed by atoms with E-state index in [1.165, 1.54) is 105 Å². The van der Waals surface area contributed by atoms with Crippen molar-refractivity contribution in [1.82, 2.24) is 0 Å². The van der Waals surface area contributed by atoms with Gasteiger partial charge in [-0.25, -0.2) is 0 Å². The van der Waals surface area contributed by atoms with E-state index in [-0.39, 0.29) is 101 Å². The average Bonchev–Trinajstić information content (AvgIpc) is 0.785. The molecule has 9 aromatic rings. The first-order chi connectivity index (χ1) is 62.5. The van der Waals surface area contributed by atoms with Gasteiger partial charge in [0.2, 0.25) is 0 Å². The minimum absolute atomic E-state index is 0.00110. The lowest BCUT2D eigenvalue weighted by Gasteiger charge is -2.38. The first kappa shape index (κ1) is 96.7. The molecular formula is C110H90N8O10Si2. The van der Waals surface area contributed by atoms with Crippen LogP contribution in [0, 0.1) is 208 Å². The third-order valence-electron chi connectivity index (χ3n) is 22.4. The van der Waals surface area contributed by atoms with E-state index in [0.29, 0.717) is 135 Å². The molecule has 0 unspecified atom stereocenters. The first-order valence-electron chi connectivity index (χ1n) is 41.0. The van der Waals surface area contributed by atoms with E-state index in [1.807, 2.05) is 12.1 Å². The summed E-state index contributed by atoms with van der Waals surface area (Å²) >= 11 is 0. The van der Waals surface area contributed by atoms with Crippen LogP contribution in [-0.2, 0) is 0 Å². The van der Waals surface area contributed by atoms with Crippen LogP contribution in [0.3, 0.4) is 0 Å². The van der Waals surface area contributed by atoms with Crippen molar-refractivity contribution in [3.8, 4) is 224 Å². The van der Waals surface area contributed by atoms with E-state index in [0.717, 1.165) is 0 Å². The molecule has 9 rings (SSSR count). The molecule has 9 aromatic carbocycles. The Labute approximate surface area is 765 Å². The van der Waals surface area contributed by atoms with Crippen LogP contribution in [0.5, 0.6) is 57.5 Å². The monoisotopic (exact) mass is 1740 g/mol. The highest BCUT2D eigenvalue weighted by Crippen LogP contribution is 2.44. The summed E-state index contributed by atoms with van der Waals surface area (Å²) in [5.74, 6) is 62.1. The summed E-state index contributed by atoms with van der Waals surface area (Å²) in [5, 5.41) is 83.5. The lowest BCUT2D eigenvalue weighted by atomic mass is 9.97. The molecule has 0 radical (unpaired) electrons. The van der Waals surface area contributed by atoms with Gasteiger partial charge in [-0.05, 0) is 81.8 Å². The van der Waals surface area contributed by atoms with Crippen molar-refractivity contribution in [1.29, 1.82) is 42.1 Å². The van der Waals surface area contributed by atoms with E-state index in [2.05, 4.69) is 249 Å². The van der Waals surface area contributed by atoms with E-state index in [1.54, 1.807) is 62.8 Å². The topological polar surface area (TPSA) is 283 Å². The molecule has 0 aliphatic carbocycles. The first-order valence-corrected chi connectivity index (χ1v) is 45.4. The number of nitrogens with zero attached hydrogens (tertiary/aromatic N) is 8. The van der Waals surface area contributed by atoms with Crippen molar-refractivity contribution in [3.63, 3.8) is 0 Å². The van der Waals surface area contributed by atoms with Crippen LogP contribution < -0.4 is 47.4 Å². The van der Waals surface area contributed by atoms with Crippen molar-refractivity contribution in [3.05, 3.63) is 254 Å². The van der Waals surface area contributed by atoms with Crippen LogP contribution in [0.15, 0.2) is 109 Å². The molecular weight excluding hydrogens is 1650 g/mol. The smallest absolute Gasteiger partial charge is 0.162 e. The Morgan fingerprint density at radius 1 is 0.154 bits per heavy atom. The summed E-state index contributed by atoms with van der Waals surface area (Å²) in [6.45, 7) is 26.8. The molecule has 0 saturated carbocycles. The van der Waals surface area contributed by atoms with Gasteiger partial charge in [0.1, 0.15) is 64.7 Å². The maximum Gasteiger partial charge on any atom is 0.162 e. The van der Waals surface area contributed by atoms with Gasteiger partial charge in [-0.1, -0.05) is 190 Å². The van der Waals surface area contributed by atoms with Gasteiger partial charge < -0.3 is 47.4 Å². The molecule has 0 atom stereocenters. The lowest BCUT2D eigenvalue weighted by Crippen LogP contribution is -2.43. The Hall–Kier alpha value is -17.1. The molecule has 0 N–H and O–H groups in total. The zero-order valence-corrected chi connectivity index (χ0v) is 78.5. The van der Waals surface area contributed by atoms with E-state index >= 15 is 0 Å². The average molecular weight is 1740 g/mol. The SMILES string of the molecule is COc1cc(C#Cc2cc(C#N)c(C#N)cc2C#Cc2cc(OC)c(OC)cc2C#Cc2cc(C#N)c(C#N)cc2C#Cc2cc(OC)c(OC)cc2C#C[Si](C(C)C)(C(C)C)C(C)C)c(C#Cc2cc(C#N)c(C#N)cc2C#Cc2cc(OC)c(OC)cc2C#Cc2cc(C#N)c(C#N)cc2C#Cc2cc(OC)c(OC)cc2C#C[Si](C(C)C)(C(C)C)C(C)C)cc1OC. The summed E-state index contributed by atoms with van der Waals surface area (Å²) in [6, 6.07) is 45.6. The number of hydrogen-bond acceptors (Lipinski definition) is 18. The molecule has 0 fully saturated rings. The number of nitriles is 8. The normalized spacial score (nSPS) is 10.1. The van der Waals surface area contributed by atoms with Gasteiger partial charge in [0, 0.05) is 161 Å². The van der Waals surface area contributed by atoms with Gasteiger partial charge >= 0.3 is 0 Å². The van der Waals surface area contributed by atoms with Crippen LogP contribution in [0.4, 0.5) is 0 Å². The summed E-state index contributed by atoms with van der Waals surface area (Å²) in [7, 11) is 10.4. The Morgan fingerprint density at radius 2 is 0.246 bits per heavy atom. The quantitative estimate of drug-likeness (QED) is 0.0641. The largest absolute Gasteiger partial charge is 0.493 e. The predicted octanol–water partition coefficient (Wildman–Crippen LogP) is 19.1.